The van der Waals surface area contributed by atoms with E-state index in [-0.39, 0.29) is 12.0 Å². The van der Waals surface area contributed by atoms with Crippen LogP contribution in [-0.4, -0.2) is 57.4 Å². The molecule has 0 radical (unpaired) electrons. The molecule has 0 spiro atoms. The van der Waals surface area contributed by atoms with Crippen LogP contribution in [0.3, 0.4) is 0 Å². The Bertz CT molecular complexity index is 508. The molecule has 21 heavy (non-hydrogen) atoms. The quantitative estimate of drug-likeness (QED) is 0.551. The Labute approximate surface area is 124 Å². The van der Waals surface area contributed by atoms with Crippen molar-refractivity contribution in [3.8, 4) is 0 Å². The number of nitrogens with one attached hydrogen (secondary N) is 2. The number of nitrogen functional groups attached to an aromatic ring is 1. The maximum atomic E-state index is 7.77. The first-order chi connectivity index (χ1) is 10.1. The molecular formula is C14H23N5O2. The second-order valence-electron chi connectivity index (χ2n) is 5.06. The van der Waals surface area contributed by atoms with Crippen molar-refractivity contribution in [2.45, 2.75) is 18.6 Å². The van der Waals surface area contributed by atoms with Crippen LogP contribution in [0.15, 0.2) is 12.3 Å². The van der Waals surface area contributed by atoms with Gasteiger partial charge in [0.1, 0.15) is 5.82 Å². The van der Waals surface area contributed by atoms with Gasteiger partial charge in [-0.3, -0.25) is 5.41 Å². The maximum Gasteiger partial charge on any atom is 0.216 e. The molecular weight excluding hydrogens is 270 g/mol. The van der Waals surface area contributed by atoms with Crippen molar-refractivity contribution in [2.75, 3.05) is 45.0 Å². The number of likely N-dealkylation sites (N-methyl/N-ethyl adjacent to an activating group) is 1. The van der Waals surface area contributed by atoms with Gasteiger partial charge < -0.3 is 25.4 Å². The predicted octanol–water partition coefficient (Wildman–Crippen LogP) is 0.449. The van der Waals surface area contributed by atoms with Crippen molar-refractivity contribution in [3.05, 3.63) is 17.8 Å². The zero-order valence-corrected chi connectivity index (χ0v) is 12.7. The topological polar surface area (TPSA) is 96.5 Å². The lowest BCUT2D eigenvalue weighted by molar-refractivity contribution is 0.0628. The third-order valence-corrected chi connectivity index (χ3v) is 3.95. The van der Waals surface area contributed by atoms with Crippen LogP contribution in [0.4, 0.5) is 11.5 Å². The Morgan fingerprint density at radius 3 is 2.90 bits per heavy atom. The predicted molar refractivity (Wildman–Crippen MR) is 83.0 cm³/mol. The molecule has 7 nitrogen and oxygen atoms in total. The summed E-state index contributed by atoms with van der Waals surface area (Å²) in [5, 5.41) is 11.1. The van der Waals surface area contributed by atoms with Crippen molar-refractivity contribution in [2.24, 2.45) is 0 Å². The Morgan fingerprint density at radius 2 is 2.29 bits per heavy atom. The fourth-order valence-corrected chi connectivity index (χ4v) is 2.65. The van der Waals surface area contributed by atoms with E-state index in [1.165, 1.54) is 7.11 Å². The average Bonchev–Trinajstić information content (AvgIpc) is 2.53. The lowest BCUT2D eigenvalue weighted by Gasteiger charge is -2.38. The van der Waals surface area contributed by atoms with Crippen LogP contribution in [0, 0.1) is 5.41 Å². The molecule has 1 aliphatic heterocycles. The Balaban J connectivity index is 2.21. The van der Waals surface area contributed by atoms with Crippen molar-refractivity contribution >= 4 is 17.4 Å². The van der Waals surface area contributed by atoms with Gasteiger partial charge in [0.15, 0.2) is 0 Å². The van der Waals surface area contributed by atoms with Crippen molar-refractivity contribution in [1.82, 2.24) is 10.3 Å². The first kappa shape index (κ1) is 15.5. The summed E-state index contributed by atoms with van der Waals surface area (Å²) >= 11 is 0. The Kier molecular flexibility index (Phi) is 4.98. The third-order valence-electron chi connectivity index (χ3n) is 3.95. The van der Waals surface area contributed by atoms with Gasteiger partial charge in [-0.05, 0) is 19.5 Å². The highest BCUT2D eigenvalue weighted by Crippen LogP contribution is 2.24. The molecule has 1 aromatic heterocycles. The molecule has 1 fully saturated rings. The van der Waals surface area contributed by atoms with E-state index in [4.69, 9.17) is 20.6 Å². The zero-order chi connectivity index (χ0) is 15.4. The molecule has 2 heterocycles. The summed E-state index contributed by atoms with van der Waals surface area (Å²) in [5.41, 5.74) is 7.25. The highest BCUT2D eigenvalue weighted by molar-refractivity contribution is 5.96. The van der Waals surface area contributed by atoms with Crippen LogP contribution in [0.1, 0.15) is 12.0 Å². The van der Waals surface area contributed by atoms with Gasteiger partial charge in [-0.15, -0.1) is 0 Å². The highest BCUT2D eigenvalue weighted by Gasteiger charge is 2.28. The number of anilines is 2. The summed E-state index contributed by atoms with van der Waals surface area (Å²) in [6.45, 7) is 1.67. The molecule has 116 valence electrons. The van der Waals surface area contributed by atoms with Crippen LogP contribution in [0.25, 0.3) is 0 Å². The smallest absolute Gasteiger partial charge is 0.216 e. The number of methoxy groups -OCH3 is 2. The molecule has 0 aromatic carbocycles. The van der Waals surface area contributed by atoms with E-state index in [1.807, 2.05) is 13.1 Å². The van der Waals surface area contributed by atoms with E-state index >= 15 is 0 Å². The van der Waals surface area contributed by atoms with E-state index in [1.54, 1.807) is 13.3 Å². The summed E-state index contributed by atoms with van der Waals surface area (Å²) in [5.74, 6) is 0.328. The minimum atomic E-state index is 0.0234. The second-order valence-corrected chi connectivity index (χ2v) is 5.06. The normalized spacial score (nSPS) is 22.1. The largest absolute Gasteiger partial charge is 0.481 e. The molecule has 2 rings (SSSR count). The summed E-state index contributed by atoms with van der Waals surface area (Å²) in [7, 11) is 5.13. The van der Waals surface area contributed by atoms with Crippen LogP contribution < -0.4 is 16.0 Å². The molecule has 0 bridgehead atoms. The lowest BCUT2D eigenvalue weighted by Crippen LogP contribution is -2.52. The number of nitrogens with zero attached hydrogens (tertiary/aromatic N) is 2. The molecule has 1 aromatic rings. The molecule has 4 N–H and O–H groups in total. The molecule has 7 heteroatoms. The Hall–Kier alpha value is -1.86. The zero-order valence-electron chi connectivity index (χ0n) is 12.7. The van der Waals surface area contributed by atoms with Crippen molar-refractivity contribution in [3.63, 3.8) is 0 Å². The van der Waals surface area contributed by atoms with E-state index in [2.05, 4.69) is 15.2 Å². The van der Waals surface area contributed by atoms with Gasteiger partial charge in [0.2, 0.25) is 5.90 Å². The van der Waals surface area contributed by atoms with Gasteiger partial charge in [0.25, 0.3) is 0 Å². The standard InChI is InChI=1S/C14H23N5O2/c1-17-11-4-5-19(8-12(11)20-2)9-6-10(14(16)21-3)13(15)18-7-9/h6-7,11-12,16-17H,4-5,8H2,1-3H3,(H2,15,18). The summed E-state index contributed by atoms with van der Waals surface area (Å²) < 4.78 is 10.5. The third kappa shape index (κ3) is 3.25. The second kappa shape index (κ2) is 6.73. The Morgan fingerprint density at radius 1 is 1.52 bits per heavy atom. The summed E-state index contributed by atoms with van der Waals surface area (Å²) in [6, 6.07) is 2.20. The summed E-state index contributed by atoms with van der Waals surface area (Å²) in [4.78, 5) is 6.37. The van der Waals surface area contributed by atoms with Gasteiger partial charge in [0, 0.05) is 26.2 Å². The van der Waals surface area contributed by atoms with Gasteiger partial charge in [0.05, 0.1) is 30.7 Å². The molecule has 1 saturated heterocycles. The number of ether oxygens (including phenoxy) is 2. The summed E-state index contributed by atoms with van der Waals surface area (Å²) in [6.07, 6.45) is 2.83. The first-order valence-corrected chi connectivity index (χ1v) is 6.94. The fraction of sp³-hybridized carbons (Fsp3) is 0.571. The van der Waals surface area contributed by atoms with E-state index in [9.17, 15) is 0 Å². The average molecular weight is 293 g/mol. The minimum Gasteiger partial charge on any atom is -0.481 e. The van der Waals surface area contributed by atoms with Crippen LogP contribution >= 0.6 is 0 Å². The van der Waals surface area contributed by atoms with Crippen molar-refractivity contribution < 1.29 is 9.47 Å². The number of hydrogen-bond donors (Lipinski definition) is 3. The van der Waals surface area contributed by atoms with Gasteiger partial charge in [-0.1, -0.05) is 0 Å². The number of aromatic nitrogens is 1. The van der Waals surface area contributed by atoms with Gasteiger partial charge >= 0.3 is 0 Å². The molecule has 1 aliphatic rings. The van der Waals surface area contributed by atoms with E-state index in [0.717, 1.165) is 25.2 Å². The van der Waals surface area contributed by atoms with Crippen LogP contribution in [0.2, 0.25) is 0 Å². The van der Waals surface area contributed by atoms with Gasteiger partial charge in [-0.2, -0.15) is 0 Å². The minimum absolute atomic E-state index is 0.0234. The van der Waals surface area contributed by atoms with Gasteiger partial charge in [-0.25, -0.2) is 4.98 Å². The molecule has 0 aliphatic carbocycles. The van der Waals surface area contributed by atoms with Crippen LogP contribution in [0.5, 0.6) is 0 Å². The monoisotopic (exact) mass is 293 g/mol. The number of pyridine rings is 1. The SMILES string of the molecule is CNC1CCN(c2cnc(N)c(C(=N)OC)c2)CC1OC. The maximum absolute atomic E-state index is 7.77. The lowest BCUT2D eigenvalue weighted by atomic mass is 10.0. The molecule has 2 unspecified atom stereocenters. The number of hydrogen-bond acceptors (Lipinski definition) is 7. The molecule has 2 atom stereocenters. The number of rotatable bonds is 4. The molecule has 0 amide bonds. The first-order valence-electron chi connectivity index (χ1n) is 6.94. The van der Waals surface area contributed by atoms with E-state index < -0.39 is 0 Å². The molecule has 0 saturated carbocycles. The highest BCUT2D eigenvalue weighted by atomic mass is 16.5. The number of piperidine rings is 1. The van der Waals surface area contributed by atoms with Crippen LogP contribution in [-0.2, 0) is 9.47 Å². The van der Waals surface area contributed by atoms with Crippen molar-refractivity contribution in [1.29, 1.82) is 5.41 Å². The fourth-order valence-electron chi connectivity index (χ4n) is 2.65. The number of nitrogens with two attached hydrogens (primary N) is 1. The van der Waals surface area contributed by atoms with E-state index in [0.29, 0.717) is 17.4 Å².